The molecule has 4 N–H and O–H groups in total. The third-order valence-electron chi connectivity index (χ3n) is 11.0. The molecule has 38 heavy (non-hydrogen) atoms. The van der Waals surface area contributed by atoms with Gasteiger partial charge in [-0.25, -0.2) is 0 Å². The van der Waals surface area contributed by atoms with Crippen LogP contribution >= 0.6 is 0 Å². The molecular formula is C35H53N2O+. The van der Waals surface area contributed by atoms with Gasteiger partial charge in [0.1, 0.15) is 0 Å². The number of likely N-dealkylation sites (tertiary alicyclic amines) is 1. The molecule has 2 unspecified atom stereocenters. The minimum atomic E-state index is 0.0726. The predicted molar refractivity (Wildman–Crippen MR) is 162 cm³/mol. The number of hydrogen-bond acceptors (Lipinski definition) is 2. The Balaban J connectivity index is 1.58. The standard InChI is InChI=1S/C35H52N2O/c1-5-27-23-32(36)31(22-28(27)24-37-19-14-25(2)15-20-37)34(4)16-10-7-11-33(34)35(17-8-6-9-18-35)30-13-12-29(38)21-26(30)3/h12-13,21-23,25,33,38H,5-11,14-20,24,36H2,1-4H3/p+1. The molecule has 2 aliphatic carbocycles. The molecule has 0 amide bonds. The number of nitrogens with zero attached hydrogens (tertiary/aromatic N) is 1. The lowest BCUT2D eigenvalue weighted by Gasteiger charge is -2.55. The molecule has 2 aromatic carbocycles. The van der Waals surface area contributed by atoms with E-state index in [-0.39, 0.29) is 10.8 Å². The third kappa shape index (κ3) is 5.12. The highest BCUT2D eigenvalue weighted by Gasteiger charge is 2.52. The Kier molecular flexibility index (Phi) is 8.15. The second kappa shape index (κ2) is 11.2. The first-order valence-corrected chi connectivity index (χ1v) is 15.7. The minimum absolute atomic E-state index is 0.0726. The van der Waals surface area contributed by atoms with Crippen molar-refractivity contribution in [1.82, 2.24) is 4.90 Å². The molecule has 0 aromatic heterocycles. The fraction of sp³-hybridized carbons (Fsp3) is 0.657. The minimum Gasteiger partial charge on any atom is -0.593 e. The van der Waals surface area contributed by atoms with Crippen molar-refractivity contribution in [1.29, 1.82) is 0 Å². The molecule has 1 heterocycles. The first-order valence-electron chi connectivity index (χ1n) is 15.7. The van der Waals surface area contributed by atoms with E-state index in [1.807, 2.05) is 6.07 Å². The summed E-state index contributed by atoms with van der Waals surface area (Å²) in [6.45, 7) is 13.0. The molecule has 2 aromatic rings. The molecular weight excluding hydrogens is 464 g/mol. The van der Waals surface area contributed by atoms with Crippen molar-refractivity contribution in [3.8, 4) is 5.75 Å². The van der Waals surface area contributed by atoms with Gasteiger partial charge in [0.15, 0.2) is 0 Å². The summed E-state index contributed by atoms with van der Waals surface area (Å²) < 4.78 is 0. The number of nitrogens with two attached hydrogens (primary N) is 1. The van der Waals surface area contributed by atoms with E-state index in [0.29, 0.717) is 11.7 Å². The van der Waals surface area contributed by atoms with E-state index < -0.39 is 0 Å². The van der Waals surface area contributed by atoms with E-state index in [2.05, 4.69) is 56.9 Å². The van der Waals surface area contributed by atoms with Gasteiger partial charge in [-0.05, 0) is 128 Å². The zero-order valence-electron chi connectivity index (χ0n) is 24.7. The third-order valence-corrected chi connectivity index (χ3v) is 11.0. The second-order valence-corrected chi connectivity index (χ2v) is 13.5. The molecule has 3 heteroatoms. The fourth-order valence-corrected chi connectivity index (χ4v) is 8.89. The average molecular weight is 518 g/mol. The van der Waals surface area contributed by atoms with Crippen LogP contribution in [-0.2, 0) is 23.8 Å². The molecule has 0 spiro atoms. The molecule has 3 fully saturated rings. The first kappa shape index (κ1) is 27.6. The van der Waals surface area contributed by atoms with Crippen molar-refractivity contribution in [3.63, 3.8) is 0 Å². The van der Waals surface area contributed by atoms with Crippen molar-refractivity contribution in [3.05, 3.63) is 58.1 Å². The van der Waals surface area contributed by atoms with E-state index in [0.717, 1.165) is 24.6 Å². The van der Waals surface area contributed by atoms with Gasteiger partial charge in [0.05, 0.1) is 0 Å². The molecule has 2 saturated carbocycles. The van der Waals surface area contributed by atoms with Crippen molar-refractivity contribution in [2.75, 3.05) is 18.8 Å². The van der Waals surface area contributed by atoms with E-state index in [1.54, 1.807) is 0 Å². The summed E-state index contributed by atoms with van der Waals surface area (Å²) in [7, 11) is 0. The van der Waals surface area contributed by atoms with E-state index >= 15 is 0 Å². The molecule has 3 nitrogen and oxygen atoms in total. The Morgan fingerprint density at radius 2 is 1.61 bits per heavy atom. The number of hydrogen-bond donors (Lipinski definition) is 1. The van der Waals surface area contributed by atoms with E-state index in [4.69, 9.17) is 10.8 Å². The molecule has 1 aliphatic heterocycles. The second-order valence-electron chi connectivity index (χ2n) is 13.5. The van der Waals surface area contributed by atoms with Gasteiger partial charge < -0.3 is 10.8 Å². The Hall–Kier alpha value is -2.00. The summed E-state index contributed by atoms with van der Waals surface area (Å²) in [5.41, 5.74) is 15.5. The normalized spacial score (nSPS) is 26.9. The van der Waals surface area contributed by atoms with Gasteiger partial charge in [-0.3, -0.25) is 4.90 Å². The van der Waals surface area contributed by atoms with Crippen LogP contribution in [0, 0.1) is 18.8 Å². The van der Waals surface area contributed by atoms with Crippen LogP contribution < -0.4 is 5.73 Å². The van der Waals surface area contributed by atoms with E-state index in [1.165, 1.54) is 112 Å². The molecule has 208 valence electrons. The lowest BCUT2D eigenvalue weighted by molar-refractivity contribution is 0.0734. The smallest absolute Gasteiger partial charge is 0.254 e. The van der Waals surface area contributed by atoms with Gasteiger partial charge in [-0.2, -0.15) is 0 Å². The highest BCUT2D eigenvalue weighted by atomic mass is 16.3. The summed E-state index contributed by atoms with van der Waals surface area (Å²) in [5, 5.41) is 8.25. The van der Waals surface area contributed by atoms with Crippen LogP contribution in [0.1, 0.15) is 119 Å². The van der Waals surface area contributed by atoms with Crippen LogP contribution in [0.2, 0.25) is 0 Å². The molecule has 3 aliphatic rings. The molecule has 0 bridgehead atoms. The van der Waals surface area contributed by atoms with Crippen LogP contribution in [0.4, 0.5) is 5.69 Å². The SMILES string of the molecule is CCc1cc(N)c(C2(C)CCCCC2C2(c3ccc([OH2+])cc3C)CCCCC2)cc1CN1CCC(C)CC1. The maximum absolute atomic E-state index is 8.25. The van der Waals surface area contributed by atoms with Crippen molar-refractivity contribution < 1.29 is 5.11 Å². The van der Waals surface area contributed by atoms with Crippen LogP contribution in [0.15, 0.2) is 30.3 Å². The summed E-state index contributed by atoms with van der Waals surface area (Å²) in [6.07, 6.45) is 15.4. The zero-order valence-corrected chi connectivity index (χ0v) is 24.7. The van der Waals surface area contributed by atoms with Gasteiger partial charge in [0.2, 0.25) is 0 Å². The highest BCUT2D eigenvalue weighted by molar-refractivity contribution is 5.57. The lowest BCUT2D eigenvalue weighted by atomic mass is 9.49. The number of benzene rings is 2. The topological polar surface area (TPSA) is 52.2 Å². The number of aryl methyl sites for hydroxylation is 2. The first-order chi connectivity index (χ1) is 18.3. The van der Waals surface area contributed by atoms with Crippen molar-refractivity contribution >= 4 is 5.69 Å². The van der Waals surface area contributed by atoms with Crippen LogP contribution in [-0.4, -0.2) is 23.1 Å². The van der Waals surface area contributed by atoms with Gasteiger partial charge in [0, 0.05) is 24.4 Å². The fourth-order valence-electron chi connectivity index (χ4n) is 8.89. The summed E-state index contributed by atoms with van der Waals surface area (Å²) in [5.74, 6) is 2.08. The van der Waals surface area contributed by atoms with Crippen LogP contribution in [0.3, 0.4) is 0 Å². The van der Waals surface area contributed by atoms with Crippen molar-refractivity contribution in [2.45, 2.75) is 122 Å². The number of rotatable bonds is 6. The maximum Gasteiger partial charge on any atom is 0.254 e. The lowest BCUT2D eigenvalue weighted by Crippen LogP contribution is -2.50. The average Bonchev–Trinajstić information content (AvgIpc) is 2.91. The summed E-state index contributed by atoms with van der Waals surface area (Å²) in [4.78, 5) is 2.68. The maximum atomic E-state index is 8.25. The summed E-state index contributed by atoms with van der Waals surface area (Å²) >= 11 is 0. The molecule has 1 saturated heterocycles. The quantitative estimate of drug-likeness (QED) is 0.310. The Bertz CT molecular complexity index is 1110. The van der Waals surface area contributed by atoms with E-state index in [9.17, 15) is 0 Å². The highest BCUT2D eigenvalue weighted by Crippen LogP contribution is 2.59. The molecule has 0 radical (unpaired) electrons. The Labute approximate surface area is 232 Å². The number of nitrogen functional groups attached to an aromatic ring is 1. The predicted octanol–water partition coefficient (Wildman–Crippen LogP) is 8.16. The van der Waals surface area contributed by atoms with Crippen LogP contribution in [0.5, 0.6) is 5.75 Å². The number of piperidine rings is 1. The summed E-state index contributed by atoms with van der Waals surface area (Å²) in [6, 6.07) is 11.4. The molecule has 2 atom stereocenters. The van der Waals surface area contributed by atoms with Gasteiger partial charge >= 0.3 is 0 Å². The van der Waals surface area contributed by atoms with Gasteiger partial charge in [-0.1, -0.05) is 58.9 Å². The van der Waals surface area contributed by atoms with Crippen molar-refractivity contribution in [2.24, 2.45) is 11.8 Å². The largest absolute Gasteiger partial charge is 0.593 e. The Morgan fingerprint density at radius 3 is 2.29 bits per heavy atom. The van der Waals surface area contributed by atoms with Gasteiger partial charge in [0.25, 0.3) is 5.75 Å². The van der Waals surface area contributed by atoms with Gasteiger partial charge in [-0.15, -0.1) is 0 Å². The number of anilines is 1. The molecule has 5 rings (SSSR count). The Morgan fingerprint density at radius 1 is 0.895 bits per heavy atom. The monoisotopic (exact) mass is 517 g/mol. The zero-order chi connectivity index (χ0) is 26.9. The van der Waals surface area contributed by atoms with Crippen LogP contribution in [0.25, 0.3) is 0 Å².